The fourth-order valence-corrected chi connectivity index (χ4v) is 4.70. The second-order valence-electron chi connectivity index (χ2n) is 8.05. The molecule has 0 bridgehead atoms. The normalized spacial score (nSPS) is 19.6. The molecule has 2 atom stereocenters. The molecule has 0 amide bonds. The quantitative estimate of drug-likeness (QED) is 0.648. The van der Waals surface area contributed by atoms with E-state index in [0.717, 1.165) is 12.0 Å². The van der Waals surface area contributed by atoms with Crippen LogP contribution in [0.15, 0.2) is 52.9 Å². The van der Waals surface area contributed by atoms with Gasteiger partial charge in [-0.3, -0.25) is 0 Å². The van der Waals surface area contributed by atoms with Crippen molar-refractivity contribution in [2.75, 3.05) is 6.61 Å². The molecule has 2 aromatic carbocycles. The zero-order valence-electron chi connectivity index (χ0n) is 18.5. The standard InChI is InChI=1S/C15H22N2O2S.C9H11FO/c1-4-5-6-11-7-9-12(10-8-11)13-15(2,3)19-14(16)17-20(13)18;10-9-6-2-1-4-8(9)5-3-7-11/h7-10,13H,4-6H2,1-3H3,(H2,16,17);1-2,4,6,11H,3,5,7H2. The maximum absolute atomic E-state index is 12.8. The maximum atomic E-state index is 12.8. The van der Waals surface area contributed by atoms with Gasteiger partial charge < -0.3 is 15.6 Å². The van der Waals surface area contributed by atoms with Gasteiger partial charge in [-0.15, -0.1) is 4.40 Å². The average Bonchev–Trinajstić information content (AvgIpc) is 2.72. The van der Waals surface area contributed by atoms with E-state index in [1.807, 2.05) is 26.0 Å². The Balaban J connectivity index is 0.000000262. The first kappa shape index (κ1) is 25.0. The minimum absolute atomic E-state index is 0.00384. The predicted molar refractivity (Wildman–Crippen MR) is 125 cm³/mol. The van der Waals surface area contributed by atoms with Gasteiger partial charge in [0.15, 0.2) is 11.0 Å². The molecular formula is C24H33FN2O3S. The van der Waals surface area contributed by atoms with Crippen LogP contribution in [0.2, 0.25) is 0 Å². The number of aliphatic hydroxyl groups is 1. The molecule has 0 spiro atoms. The first-order chi connectivity index (χ1) is 14.8. The van der Waals surface area contributed by atoms with Crippen LogP contribution in [0.3, 0.4) is 0 Å². The number of nitrogens with two attached hydrogens (primary N) is 1. The summed E-state index contributed by atoms with van der Waals surface area (Å²) in [5.41, 5.74) is 7.89. The van der Waals surface area contributed by atoms with E-state index in [0.29, 0.717) is 18.4 Å². The number of hydrogen-bond acceptors (Lipinski definition) is 4. The van der Waals surface area contributed by atoms with E-state index in [1.54, 1.807) is 18.2 Å². The summed E-state index contributed by atoms with van der Waals surface area (Å²) in [6, 6.07) is 14.9. The fourth-order valence-electron chi connectivity index (χ4n) is 3.45. The molecule has 2 aromatic rings. The summed E-state index contributed by atoms with van der Waals surface area (Å²) < 4.78 is 34.5. The van der Waals surface area contributed by atoms with Gasteiger partial charge in [-0.05, 0) is 62.3 Å². The highest BCUT2D eigenvalue weighted by Crippen LogP contribution is 2.37. The van der Waals surface area contributed by atoms with Crippen LogP contribution in [0.1, 0.15) is 62.0 Å². The van der Waals surface area contributed by atoms with E-state index in [-0.39, 0.29) is 23.7 Å². The molecule has 0 fully saturated rings. The molecule has 0 aromatic heterocycles. The Labute approximate surface area is 187 Å². The van der Waals surface area contributed by atoms with Crippen molar-refractivity contribution in [3.05, 3.63) is 71.0 Å². The largest absolute Gasteiger partial charge is 0.457 e. The van der Waals surface area contributed by atoms with E-state index in [2.05, 4.69) is 23.5 Å². The number of amidine groups is 1. The fraction of sp³-hybridized carbons (Fsp3) is 0.458. The van der Waals surface area contributed by atoms with Gasteiger partial charge >= 0.3 is 0 Å². The van der Waals surface area contributed by atoms with Crippen LogP contribution in [0.5, 0.6) is 0 Å². The van der Waals surface area contributed by atoms with Crippen LogP contribution >= 0.6 is 0 Å². The summed E-state index contributed by atoms with van der Waals surface area (Å²) in [5, 5.41) is 8.20. The first-order valence-corrected chi connectivity index (χ1v) is 11.8. The van der Waals surface area contributed by atoms with Gasteiger partial charge in [0.2, 0.25) is 0 Å². The molecule has 0 saturated carbocycles. The third-order valence-electron chi connectivity index (χ3n) is 5.04. The zero-order valence-corrected chi connectivity index (χ0v) is 19.3. The molecule has 7 heteroatoms. The minimum Gasteiger partial charge on any atom is -0.457 e. The van der Waals surface area contributed by atoms with Crippen LogP contribution in [0, 0.1) is 5.82 Å². The molecule has 170 valence electrons. The minimum atomic E-state index is -1.40. The van der Waals surface area contributed by atoms with E-state index in [4.69, 9.17) is 15.6 Å². The van der Waals surface area contributed by atoms with Gasteiger partial charge in [-0.25, -0.2) is 8.60 Å². The Morgan fingerprint density at radius 2 is 1.81 bits per heavy atom. The lowest BCUT2D eigenvalue weighted by Gasteiger charge is -2.35. The van der Waals surface area contributed by atoms with Gasteiger partial charge in [0.05, 0.1) is 0 Å². The van der Waals surface area contributed by atoms with E-state index in [1.165, 1.54) is 24.5 Å². The number of aryl methyl sites for hydroxylation is 2. The van der Waals surface area contributed by atoms with E-state index >= 15 is 0 Å². The van der Waals surface area contributed by atoms with Gasteiger partial charge in [-0.1, -0.05) is 55.8 Å². The highest BCUT2D eigenvalue weighted by atomic mass is 32.2. The number of rotatable bonds is 7. The molecule has 3 rings (SSSR count). The Morgan fingerprint density at radius 3 is 2.39 bits per heavy atom. The molecule has 3 N–H and O–H groups in total. The molecule has 2 unspecified atom stereocenters. The van der Waals surface area contributed by atoms with Gasteiger partial charge in [-0.2, -0.15) is 0 Å². The highest BCUT2D eigenvalue weighted by molar-refractivity contribution is 7.84. The molecule has 1 aliphatic rings. The SMILES string of the molecule is CCCCc1ccc(C2S(=O)N=C(N)OC2(C)C)cc1.OCCCc1ccccc1F. The summed E-state index contributed by atoms with van der Waals surface area (Å²) in [7, 11) is -1.40. The van der Waals surface area contributed by atoms with Crippen molar-refractivity contribution in [1.82, 2.24) is 0 Å². The summed E-state index contributed by atoms with van der Waals surface area (Å²) in [6.07, 6.45) is 4.69. The summed E-state index contributed by atoms with van der Waals surface area (Å²) in [6.45, 7) is 6.08. The van der Waals surface area contributed by atoms with Crippen molar-refractivity contribution in [1.29, 1.82) is 0 Å². The third kappa shape index (κ3) is 7.43. The van der Waals surface area contributed by atoms with E-state index < -0.39 is 16.6 Å². The lowest BCUT2D eigenvalue weighted by atomic mass is 9.96. The zero-order chi connectivity index (χ0) is 22.9. The third-order valence-corrected chi connectivity index (χ3v) is 6.65. The molecule has 0 radical (unpaired) electrons. The lowest BCUT2D eigenvalue weighted by Crippen LogP contribution is -2.43. The maximum Gasteiger partial charge on any atom is 0.296 e. The smallest absolute Gasteiger partial charge is 0.296 e. The predicted octanol–water partition coefficient (Wildman–Crippen LogP) is 4.61. The second kappa shape index (κ2) is 12.0. The molecule has 1 heterocycles. The molecule has 5 nitrogen and oxygen atoms in total. The number of hydrogen-bond donors (Lipinski definition) is 2. The van der Waals surface area contributed by atoms with Gasteiger partial charge in [0.1, 0.15) is 16.7 Å². The number of unbranched alkanes of at least 4 members (excludes halogenated alkanes) is 1. The van der Waals surface area contributed by atoms with Crippen LogP contribution in [0.4, 0.5) is 4.39 Å². The van der Waals surface area contributed by atoms with Crippen molar-refractivity contribution < 1.29 is 18.4 Å². The Kier molecular flexibility index (Phi) is 9.65. The second-order valence-corrected chi connectivity index (χ2v) is 9.26. The van der Waals surface area contributed by atoms with Gasteiger partial charge in [0.25, 0.3) is 6.02 Å². The van der Waals surface area contributed by atoms with Crippen molar-refractivity contribution in [2.45, 2.75) is 63.7 Å². The number of aliphatic hydroxyl groups excluding tert-OH is 1. The van der Waals surface area contributed by atoms with Crippen LogP contribution < -0.4 is 5.73 Å². The number of ether oxygens (including phenoxy) is 1. The van der Waals surface area contributed by atoms with Gasteiger partial charge in [0, 0.05) is 6.61 Å². The monoisotopic (exact) mass is 448 g/mol. The summed E-state index contributed by atoms with van der Waals surface area (Å²) >= 11 is 0. The Bertz CT molecular complexity index is 885. The average molecular weight is 449 g/mol. The van der Waals surface area contributed by atoms with Crippen LogP contribution in [0.25, 0.3) is 0 Å². The number of halogens is 1. The first-order valence-electron chi connectivity index (χ1n) is 10.7. The summed E-state index contributed by atoms with van der Waals surface area (Å²) in [5.74, 6) is -0.180. The van der Waals surface area contributed by atoms with E-state index in [9.17, 15) is 8.60 Å². The molecule has 0 saturated heterocycles. The van der Waals surface area contributed by atoms with Crippen molar-refractivity contribution in [2.24, 2.45) is 10.1 Å². The van der Waals surface area contributed by atoms with Crippen molar-refractivity contribution in [3.8, 4) is 0 Å². The number of benzene rings is 2. The summed E-state index contributed by atoms with van der Waals surface area (Å²) in [4.78, 5) is 0. The van der Waals surface area contributed by atoms with Crippen molar-refractivity contribution >= 4 is 17.0 Å². The highest BCUT2D eigenvalue weighted by Gasteiger charge is 2.41. The Hall–Kier alpha value is -2.25. The topological polar surface area (TPSA) is 84.9 Å². The molecule has 0 aliphatic carbocycles. The van der Waals surface area contributed by atoms with Crippen LogP contribution in [-0.2, 0) is 28.6 Å². The molecule has 31 heavy (non-hydrogen) atoms. The number of nitrogens with zero attached hydrogens (tertiary/aromatic N) is 1. The lowest BCUT2D eigenvalue weighted by molar-refractivity contribution is 0.0848. The van der Waals surface area contributed by atoms with Crippen molar-refractivity contribution in [3.63, 3.8) is 0 Å². The van der Waals surface area contributed by atoms with Crippen LogP contribution in [-0.4, -0.2) is 27.5 Å². The molecular weight excluding hydrogens is 415 g/mol. The molecule has 1 aliphatic heterocycles. The Morgan fingerprint density at radius 1 is 1.13 bits per heavy atom.